The molecule has 0 bridgehead atoms. The fourth-order valence-electron chi connectivity index (χ4n) is 1.85. The summed E-state index contributed by atoms with van der Waals surface area (Å²) in [7, 11) is -3.59. The van der Waals surface area contributed by atoms with Gasteiger partial charge in [0.1, 0.15) is 0 Å². The van der Waals surface area contributed by atoms with E-state index in [1.165, 1.54) is 12.1 Å². The van der Waals surface area contributed by atoms with Crippen molar-refractivity contribution in [3.8, 4) is 0 Å². The SMILES string of the molecule is CC(NS(=O)(=O)c1ccc(CC(N)=S)cc1)c1cn[nH]c1. The summed E-state index contributed by atoms with van der Waals surface area (Å²) in [5.74, 6) is 0. The van der Waals surface area contributed by atoms with Gasteiger partial charge >= 0.3 is 0 Å². The Labute approximate surface area is 128 Å². The van der Waals surface area contributed by atoms with Crippen LogP contribution in [0.5, 0.6) is 0 Å². The zero-order valence-corrected chi connectivity index (χ0v) is 13.0. The second kappa shape index (κ2) is 6.33. The zero-order valence-electron chi connectivity index (χ0n) is 11.4. The first kappa shape index (κ1) is 15.6. The third kappa shape index (κ3) is 4.10. The molecule has 0 aliphatic rings. The van der Waals surface area contributed by atoms with Crippen LogP contribution in [-0.4, -0.2) is 23.6 Å². The lowest BCUT2D eigenvalue weighted by Gasteiger charge is -2.13. The summed E-state index contributed by atoms with van der Waals surface area (Å²) in [6.45, 7) is 1.75. The lowest BCUT2D eigenvalue weighted by molar-refractivity contribution is 0.567. The lowest BCUT2D eigenvalue weighted by Crippen LogP contribution is -2.26. The van der Waals surface area contributed by atoms with E-state index < -0.39 is 10.0 Å². The Morgan fingerprint density at radius 3 is 2.62 bits per heavy atom. The highest BCUT2D eigenvalue weighted by atomic mass is 32.2. The Hall–Kier alpha value is -1.77. The molecule has 1 atom stereocenters. The first-order valence-corrected chi connectivity index (χ1v) is 8.16. The first-order chi connectivity index (χ1) is 9.88. The Kier molecular flexibility index (Phi) is 4.71. The molecule has 0 saturated carbocycles. The second-order valence-corrected chi connectivity index (χ2v) is 6.90. The summed E-state index contributed by atoms with van der Waals surface area (Å²) >= 11 is 4.82. The average Bonchev–Trinajstić information content (AvgIpc) is 2.92. The number of hydrogen-bond donors (Lipinski definition) is 3. The van der Waals surface area contributed by atoms with Gasteiger partial charge in [-0.3, -0.25) is 5.10 Å². The van der Waals surface area contributed by atoms with E-state index in [0.717, 1.165) is 11.1 Å². The van der Waals surface area contributed by atoms with E-state index in [2.05, 4.69) is 14.9 Å². The van der Waals surface area contributed by atoms with Gasteiger partial charge in [-0.1, -0.05) is 24.4 Å². The van der Waals surface area contributed by atoms with Crippen LogP contribution in [0.15, 0.2) is 41.6 Å². The van der Waals surface area contributed by atoms with Crippen molar-refractivity contribution in [1.29, 1.82) is 0 Å². The van der Waals surface area contributed by atoms with Crippen molar-refractivity contribution < 1.29 is 8.42 Å². The maximum Gasteiger partial charge on any atom is 0.241 e. The van der Waals surface area contributed by atoms with E-state index in [4.69, 9.17) is 18.0 Å². The number of hydrogen-bond acceptors (Lipinski definition) is 4. The molecule has 1 aromatic heterocycles. The molecule has 0 aliphatic carbocycles. The molecule has 8 heteroatoms. The number of thiocarbonyl (C=S) groups is 1. The van der Waals surface area contributed by atoms with Crippen LogP contribution < -0.4 is 10.5 Å². The molecule has 0 amide bonds. The van der Waals surface area contributed by atoms with Crippen molar-refractivity contribution >= 4 is 27.2 Å². The molecule has 1 heterocycles. The molecule has 0 aliphatic heterocycles. The Morgan fingerprint density at radius 2 is 2.10 bits per heavy atom. The minimum Gasteiger partial charge on any atom is -0.393 e. The van der Waals surface area contributed by atoms with Crippen molar-refractivity contribution in [2.45, 2.75) is 24.3 Å². The van der Waals surface area contributed by atoms with E-state index in [1.807, 2.05) is 0 Å². The van der Waals surface area contributed by atoms with Crippen LogP contribution in [0.25, 0.3) is 0 Å². The van der Waals surface area contributed by atoms with Crippen LogP contribution in [0.3, 0.4) is 0 Å². The number of benzene rings is 1. The Bertz CT molecular complexity index is 709. The van der Waals surface area contributed by atoms with Crippen molar-refractivity contribution in [3.05, 3.63) is 47.8 Å². The highest BCUT2D eigenvalue weighted by molar-refractivity contribution is 7.89. The maximum atomic E-state index is 12.3. The molecule has 1 aromatic carbocycles. The lowest BCUT2D eigenvalue weighted by atomic mass is 10.1. The number of rotatable bonds is 6. The van der Waals surface area contributed by atoms with Crippen LogP contribution in [0.1, 0.15) is 24.1 Å². The highest BCUT2D eigenvalue weighted by Crippen LogP contribution is 2.16. The fourth-order valence-corrected chi connectivity index (χ4v) is 3.25. The summed E-state index contributed by atoms with van der Waals surface area (Å²) < 4.78 is 27.2. The standard InChI is InChI=1S/C13H16N4O2S2/c1-9(11-7-15-16-8-11)17-21(18,19)12-4-2-10(3-5-12)6-13(14)20/h2-5,7-9,17H,6H2,1H3,(H2,14,20)(H,15,16). The smallest absolute Gasteiger partial charge is 0.241 e. The van der Waals surface area contributed by atoms with Crippen LogP contribution >= 0.6 is 12.2 Å². The number of nitrogens with zero attached hydrogens (tertiary/aromatic N) is 1. The number of aromatic nitrogens is 2. The molecule has 0 spiro atoms. The molecule has 0 radical (unpaired) electrons. The molecule has 0 saturated heterocycles. The van der Waals surface area contributed by atoms with Gasteiger partial charge in [0.15, 0.2) is 0 Å². The summed E-state index contributed by atoms with van der Waals surface area (Å²) in [4.78, 5) is 0.571. The minimum atomic E-state index is -3.59. The van der Waals surface area contributed by atoms with Gasteiger partial charge in [0.2, 0.25) is 10.0 Å². The van der Waals surface area contributed by atoms with Gasteiger partial charge in [0, 0.05) is 24.2 Å². The van der Waals surface area contributed by atoms with Crippen molar-refractivity contribution in [1.82, 2.24) is 14.9 Å². The number of sulfonamides is 1. The van der Waals surface area contributed by atoms with Gasteiger partial charge in [-0.05, 0) is 24.6 Å². The largest absolute Gasteiger partial charge is 0.393 e. The van der Waals surface area contributed by atoms with Gasteiger partial charge in [0.25, 0.3) is 0 Å². The third-order valence-electron chi connectivity index (χ3n) is 2.96. The molecule has 0 fully saturated rings. The predicted molar refractivity (Wildman–Crippen MR) is 84.3 cm³/mol. The Morgan fingerprint density at radius 1 is 1.43 bits per heavy atom. The molecule has 21 heavy (non-hydrogen) atoms. The molecule has 6 nitrogen and oxygen atoms in total. The minimum absolute atomic E-state index is 0.199. The fraction of sp³-hybridized carbons (Fsp3) is 0.231. The monoisotopic (exact) mass is 324 g/mol. The summed E-state index contributed by atoms with van der Waals surface area (Å²) in [5, 5.41) is 6.45. The third-order valence-corrected chi connectivity index (χ3v) is 4.66. The average molecular weight is 324 g/mol. The van der Waals surface area contributed by atoms with Gasteiger partial charge < -0.3 is 5.73 Å². The van der Waals surface area contributed by atoms with E-state index in [1.54, 1.807) is 31.5 Å². The second-order valence-electron chi connectivity index (χ2n) is 4.66. The Balaban J connectivity index is 2.14. The van der Waals surface area contributed by atoms with Crippen LogP contribution in [0.2, 0.25) is 0 Å². The molecular weight excluding hydrogens is 308 g/mol. The number of aromatic amines is 1. The quantitative estimate of drug-likeness (QED) is 0.695. The van der Waals surface area contributed by atoms with E-state index >= 15 is 0 Å². The molecule has 4 N–H and O–H groups in total. The first-order valence-electron chi connectivity index (χ1n) is 6.27. The summed E-state index contributed by atoms with van der Waals surface area (Å²) in [6, 6.07) is 6.12. The predicted octanol–water partition coefficient (Wildman–Crippen LogP) is 1.28. The highest BCUT2D eigenvalue weighted by Gasteiger charge is 2.18. The normalized spacial score (nSPS) is 13.0. The molecule has 1 unspecified atom stereocenters. The van der Waals surface area contributed by atoms with Gasteiger partial charge in [-0.2, -0.15) is 5.10 Å². The molecular formula is C13H16N4O2S2. The van der Waals surface area contributed by atoms with Gasteiger partial charge in [0.05, 0.1) is 16.1 Å². The van der Waals surface area contributed by atoms with E-state index in [-0.39, 0.29) is 10.9 Å². The van der Waals surface area contributed by atoms with E-state index in [0.29, 0.717) is 11.4 Å². The number of nitrogens with one attached hydrogen (secondary N) is 2. The topological polar surface area (TPSA) is 101 Å². The number of nitrogens with two attached hydrogens (primary N) is 1. The molecule has 2 rings (SSSR count). The van der Waals surface area contributed by atoms with Crippen LogP contribution in [0, 0.1) is 0 Å². The van der Waals surface area contributed by atoms with Gasteiger partial charge in [-0.25, -0.2) is 13.1 Å². The van der Waals surface area contributed by atoms with E-state index in [9.17, 15) is 8.42 Å². The van der Waals surface area contributed by atoms with Gasteiger partial charge in [-0.15, -0.1) is 0 Å². The summed E-state index contributed by atoms with van der Waals surface area (Å²) in [6.07, 6.45) is 3.69. The van der Waals surface area contributed by atoms with Crippen molar-refractivity contribution in [2.24, 2.45) is 5.73 Å². The van der Waals surface area contributed by atoms with Crippen LogP contribution in [0.4, 0.5) is 0 Å². The maximum absolute atomic E-state index is 12.3. The van der Waals surface area contributed by atoms with Crippen LogP contribution in [-0.2, 0) is 16.4 Å². The summed E-state index contributed by atoms with van der Waals surface area (Å²) in [5.41, 5.74) is 7.11. The number of H-pyrrole nitrogens is 1. The molecule has 2 aromatic rings. The molecule has 112 valence electrons. The van der Waals surface area contributed by atoms with Crippen molar-refractivity contribution in [3.63, 3.8) is 0 Å². The zero-order chi connectivity index (χ0) is 15.5. The van der Waals surface area contributed by atoms with Crippen molar-refractivity contribution in [2.75, 3.05) is 0 Å².